The summed E-state index contributed by atoms with van der Waals surface area (Å²) in [6, 6.07) is 3.51. The molecule has 3 heterocycles. The van der Waals surface area contributed by atoms with Crippen LogP contribution in [0.2, 0.25) is 0 Å². The first-order chi connectivity index (χ1) is 18.2. The van der Waals surface area contributed by atoms with E-state index in [0.29, 0.717) is 11.9 Å². The van der Waals surface area contributed by atoms with E-state index >= 15 is 0 Å². The number of amides is 1. The first-order valence-corrected chi connectivity index (χ1v) is 13.6. The van der Waals surface area contributed by atoms with Crippen molar-refractivity contribution in [1.29, 1.82) is 0 Å². The quantitative estimate of drug-likeness (QED) is 0.170. The van der Waals surface area contributed by atoms with Crippen LogP contribution in [-0.2, 0) is 21.2 Å². The fourth-order valence-electron chi connectivity index (χ4n) is 4.18. The largest absolute Gasteiger partial charge is 0.480 e. The van der Waals surface area contributed by atoms with Crippen LogP contribution in [0.25, 0.3) is 10.9 Å². The van der Waals surface area contributed by atoms with Gasteiger partial charge in [-0.1, -0.05) is 17.3 Å². The Labute approximate surface area is 218 Å². The molecule has 0 radical (unpaired) electrons. The van der Waals surface area contributed by atoms with E-state index in [1.807, 2.05) is 12.3 Å². The van der Waals surface area contributed by atoms with Crippen LogP contribution in [0, 0.1) is 13.8 Å². The highest BCUT2D eigenvalue weighted by Crippen LogP contribution is 2.21. The summed E-state index contributed by atoms with van der Waals surface area (Å²) in [6.45, 7) is 3.96. The molecule has 3 aromatic rings. The lowest BCUT2D eigenvalue weighted by molar-refractivity contribution is -0.138. The zero-order valence-electron chi connectivity index (χ0n) is 20.9. The lowest BCUT2D eigenvalue weighted by atomic mass is 10.1. The second-order valence-corrected chi connectivity index (χ2v) is 10.5. The number of sulfonamides is 1. The monoisotopic (exact) mass is 546 g/mol. The van der Waals surface area contributed by atoms with E-state index in [2.05, 4.69) is 41.0 Å². The number of aliphatic carboxylic acids is 1. The molecule has 2 atom stereocenters. The summed E-state index contributed by atoms with van der Waals surface area (Å²) in [7, 11) is -4.26. The maximum absolute atomic E-state index is 12.9. The number of fused-ring (bicyclic) bond motifs is 1. The van der Waals surface area contributed by atoms with Gasteiger partial charge in [-0.3, -0.25) is 30.3 Å². The van der Waals surface area contributed by atoms with Crippen LogP contribution in [0.1, 0.15) is 40.3 Å². The van der Waals surface area contributed by atoms with E-state index in [9.17, 15) is 23.1 Å². The Morgan fingerprint density at radius 2 is 2.11 bits per heavy atom. The van der Waals surface area contributed by atoms with Gasteiger partial charge >= 0.3 is 5.97 Å². The highest BCUT2D eigenvalue weighted by Gasteiger charge is 2.30. The molecule has 1 amide bonds. The lowest BCUT2D eigenvalue weighted by Crippen LogP contribution is -2.48. The van der Waals surface area contributed by atoms with Gasteiger partial charge in [0, 0.05) is 30.4 Å². The summed E-state index contributed by atoms with van der Waals surface area (Å²) < 4.78 is 32.4. The summed E-state index contributed by atoms with van der Waals surface area (Å²) in [6.07, 6.45) is 4.24. The van der Waals surface area contributed by atoms with Crippen molar-refractivity contribution in [2.24, 2.45) is 4.99 Å². The second-order valence-electron chi connectivity index (χ2n) is 8.81. The average Bonchev–Trinajstić information content (AvgIpc) is 3.47. The SMILES string of the molecule is Cc1noc(C)c1S(=O)(=O)NC(CNC(=O)c1cccc2c(CCCNC3N=CCCN3)[nH]nc12)C(=O)O. The number of rotatable bonds is 12. The zero-order chi connectivity index (χ0) is 27.3. The molecule has 0 saturated carbocycles. The number of carbonyl (C=O) groups excluding carboxylic acids is 1. The minimum Gasteiger partial charge on any atom is -0.480 e. The van der Waals surface area contributed by atoms with Gasteiger partial charge in [0.25, 0.3) is 5.91 Å². The van der Waals surface area contributed by atoms with E-state index in [0.717, 1.165) is 37.0 Å². The lowest BCUT2D eigenvalue weighted by Gasteiger charge is -2.18. The molecule has 0 aliphatic carbocycles. The number of carboxylic acid groups (broad SMARTS) is 1. The predicted octanol–water partition coefficient (Wildman–Crippen LogP) is 0.199. The Bertz CT molecular complexity index is 1430. The van der Waals surface area contributed by atoms with Crippen molar-refractivity contribution in [2.75, 3.05) is 19.6 Å². The molecule has 0 bridgehead atoms. The van der Waals surface area contributed by atoms with Crippen molar-refractivity contribution >= 4 is 39.0 Å². The zero-order valence-corrected chi connectivity index (χ0v) is 21.8. The molecule has 6 N–H and O–H groups in total. The third-order valence-electron chi connectivity index (χ3n) is 6.01. The number of hydrogen-bond acceptors (Lipinski definition) is 10. The van der Waals surface area contributed by atoms with E-state index in [1.54, 1.807) is 12.1 Å². The van der Waals surface area contributed by atoms with E-state index in [1.165, 1.54) is 13.8 Å². The van der Waals surface area contributed by atoms with Crippen molar-refractivity contribution < 1.29 is 27.6 Å². The van der Waals surface area contributed by atoms with Crippen LogP contribution in [0.15, 0.2) is 32.6 Å². The smallest absolute Gasteiger partial charge is 0.323 e. The molecule has 14 nitrogen and oxygen atoms in total. The molecule has 38 heavy (non-hydrogen) atoms. The van der Waals surface area contributed by atoms with Crippen molar-refractivity contribution in [3.8, 4) is 0 Å². The maximum Gasteiger partial charge on any atom is 0.323 e. The predicted molar refractivity (Wildman–Crippen MR) is 137 cm³/mol. The maximum atomic E-state index is 12.9. The second kappa shape index (κ2) is 11.8. The van der Waals surface area contributed by atoms with Gasteiger partial charge in [-0.05, 0) is 45.7 Å². The fraction of sp³-hybridized carbons (Fsp3) is 0.435. The van der Waals surface area contributed by atoms with Gasteiger partial charge in [0.05, 0.1) is 5.56 Å². The highest BCUT2D eigenvalue weighted by molar-refractivity contribution is 7.89. The molecule has 1 aromatic carbocycles. The minimum atomic E-state index is -4.26. The summed E-state index contributed by atoms with van der Waals surface area (Å²) in [5, 5.41) is 30.3. The number of nitrogens with one attached hydrogen (secondary N) is 5. The molecule has 0 fully saturated rings. The Kier molecular flexibility index (Phi) is 8.51. The van der Waals surface area contributed by atoms with Crippen molar-refractivity contribution in [2.45, 2.75) is 50.3 Å². The number of carboxylic acids is 1. The normalized spacial score (nSPS) is 16.5. The molecule has 1 aliphatic rings. The number of aryl methyl sites for hydroxylation is 3. The Balaban J connectivity index is 1.39. The van der Waals surface area contributed by atoms with Crippen LogP contribution in [0.3, 0.4) is 0 Å². The Morgan fingerprint density at radius 1 is 1.29 bits per heavy atom. The van der Waals surface area contributed by atoms with Gasteiger partial charge < -0.3 is 14.9 Å². The standard InChI is InChI=1S/C23H30N8O6S/c1-13-20(14(2)37-30-13)38(35,36)31-18(22(33)34)12-27-21(32)16-7-3-6-15-17(28-29-19(15)16)8-4-9-24-23-25-10-5-11-26-23/h3,6-7,10,18,23-24,26,31H,4-5,8-9,11-12H2,1-2H3,(H,27,32)(H,28,29)(H,33,34). The molecular weight excluding hydrogens is 516 g/mol. The third kappa shape index (κ3) is 6.24. The number of H-pyrrole nitrogens is 1. The summed E-state index contributed by atoms with van der Waals surface area (Å²) in [5.41, 5.74) is 1.64. The first kappa shape index (κ1) is 27.4. The van der Waals surface area contributed by atoms with Gasteiger partial charge in [-0.15, -0.1) is 0 Å². The Hall–Kier alpha value is -3.66. The fourth-order valence-corrected chi connectivity index (χ4v) is 5.70. The number of aromatic nitrogens is 3. The number of aliphatic imine (C=N–C) groups is 1. The van der Waals surface area contributed by atoms with Crippen molar-refractivity contribution in [3.63, 3.8) is 0 Å². The molecule has 2 aromatic heterocycles. The van der Waals surface area contributed by atoms with Gasteiger partial charge in [-0.2, -0.15) is 9.82 Å². The number of hydrogen-bond donors (Lipinski definition) is 6. The molecule has 2 unspecified atom stereocenters. The van der Waals surface area contributed by atoms with E-state index in [4.69, 9.17) is 4.52 Å². The molecule has 204 valence electrons. The highest BCUT2D eigenvalue weighted by atomic mass is 32.2. The number of aromatic amines is 1. The Morgan fingerprint density at radius 3 is 2.79 bits per heavy atom. The van der Waals surface area contributed by atoms with Crippen LogP contribution in [0.4, 0.5) is 0 Å². The molecule has 4 rings (SSSR count). The minimum absolute atomic E-state index is 0.0270. The van der Waals surface area contributed by atoms with Crippen LogP contribution in [0.5, 0.6) is 0 Å². The number of para-hydroxylation sites is 1. The topological polar surface area (TPSA) is 204 Å². The van der Waals surface area contributed by atoms with Crippen molar-refractivity contribution in [3.05, 3.63) is 40.9 Å². The number of nitrogens with zero attached hydrogens (tertiary/aromatic N) is 3. The number of carbonyl (C=O) groups is 2. The molecule has 0 saturated heterocycles. The molecular formula is C23H30N8O6S. The van der Waals surface area contributed by atoms with Crippen molar-refractivity contribution in [1.82, 2.24) is 36.0 Å². The summed E-state index contributed by atoms with van der Waals surface area (Å²) in [4.78, 5) is 28.8. The molecule has 15 heteroatoms. The van der Waals surface area contributed by atoms with Crippen LogP contribution < -0.4 is 20.7 Å². The molecule has 0 spiro atoms. The average molecular weight is 547 g/mol. The molecule has 1 aliphatic heterocycles. The number of benzene rings is 1. The summed E-state index contributed by atoms with van der Waals surface area (Å²) >= 11 is 0. The third-order valence-corrected chi connectivity index (χ3v) is 7.73. The van der Waals surface area contributed by atoms with E-state index < -0.39 is 34.5 Å². The first-order valence-electron chi connectivity index (χ1n) is 12.1. The van der Waals surface area contributed by atoms with E-state index in [-0.39, 0.29) is 28.2 Å². The van der Waals surface area contributed by atoms with Crippen LogP contribution >= 0.6 is 0 Å². The van der Waals surface area contributed by atoms with Gasteiger partial charge in [0.15, 0.2) is 12.0 Å². The van der Waals surface area contributed by atoms with Gasteiger partial charge in [-0.25, -0.2) is 8.42 Å². The summed E-state index contributed by atoms with van der Waals surface area (Å²) in [5.74, 6) is -2.01. The van der Waals surface area contributed by atoms with Gasteiger partial charge in [0.1, 0.15) is 22.1 Å². The van der Waals surface area contributed by atoms with Gasteiger partial charge in [0.2, 0.25) is 10.0 Å². The van der Waals surface area contributed by atoms with Crippen LogP contribution in [-0.4, -0.2) is 78.9 Å².